The Morgan fingerprint density at radius 2 is 1.80 bits per heavy atom. The Labute approximate surface area is 118 Å². The summed E-state index contributed by atoms with van der Waals surface area (Å²) in [5, 5.41) is 11.7. The van der Waals surface area contributed by atoms with E-state index in [1.165, 1.54) is 0 Å². The van der Waals surface area contributed by atoms with E-state index in [1.807, 2.05) is 13.8 Å². The van der Waals surface area contributed by atoms with Crippen molar-refractivity contribution in [1.29, 1.82) is 0 Å². The van der Waals surface area contributed by atoms with Crippen LogP contribution in [0.3, 0.4) is 0 Å². The van der Waals surface area contributed by atoms with Crippen molar-refractivity contribution in [2.24, 2.45) is 5.92 Å². The third-order valence-electron chi connectivity index (χ3n) is 2.83. The molecular formula is C15H21NO4. The van der Waals surface area contributed by atoms with E-state index in [2.05, 4.69) is 5.32 Å². The normalized spacial score (nSPS) is 12.0. The van der Waals surface area contributed by atoms with Gasteiger partial charge in [0.05, 0.1) is 19.6 Å². The van der Waals surface area contributed by atoms with Crippen LogP contribution in [-0.2, 0) is 9.59 Å². The SMILES string of the molecule is COc1ccc([C@H](CC(=O)O)NC(=O)CC(C)C)cc1. The first-order chi connectivity index (χ1) is 9.42. The molecule has 0 aliphatic rings. The number of aliphatic carboxylic acids is 1. The van der Waals surface area contributed by atoms with E-state index < -0.39 is 12.0 Å². The zero-order valence-electron chi connectivity index (χ0n) is 12.1. The number of amides is 1. The molecule has 0 aliphatic heterocycles. The molecule has 0 saturated heterocycles. The predicted octanol–water partition coefficient (Wildman–Crippen LogP) is 2.37. The van der Waals surface area contributed by atoms with Crippen LogP contribution in [0.15, 0.2) is 24.3 Å². The van der Waals surface area contributed by atoms with Crippen molar-refractivity contribution in [3.8, 4) is 5.75 Å². The molecule has 1 atom stereocenters. The number of carbonyl (C=O) groups is 2. The Balaban J connectivity index is 2.81. The van der Waals surface area contributed by atoms with Crippen LogP contribution in [0.2, 0.25) is 0 Å². The largest absolute Gasteiger partial charge is 0.497 e. The molecule has 110 valence electrons. The van der Waals surface area contributed by atoms with E-state index >= 15 is 0 Å². The van der Waals surface area contributed by atoms with Gasteiger partial charge >= 0.3 is 5.97 Å². The molecule has 0 aliphatic carbocycles. The summed E-state index contributed by atoms with van der Waals surface area (Å²) < 4.78 is 5.06. The summed E-state index contributed by atoms with van der Waals surface area (Å²) in [6, 6.07) is 6.51. The number of hydrogen-bond donors (Lipinski definition) is 2. The first-order valence-corrected chi connectivity index (χ1v) is 6.57. The monoisotopic (exact) mass is 279 g/mol. The maximum atomic E-state index is 11.8. The molecule has 0 unspecified atom stereocenters. The lowest BCUT2D eigenvalue weighted by atomic mass is 10.0. The summed E-state index contributed by atoms with van der Waals surface area (Å²) in [5.41, 5.74) is 0.755. The number of carboxylic acids is 1. The van der Waals surface area contributed by atoms with Gasteiger partial charge in [-0.15, -0.1) is 0 Å². The van der Waals surface area contributed by atoms with Gasteiger partial charge in [0.25, 0.3) is 0 Å². The van der Waals surface area contributed by atoms with Gasteiger partial charge in [0.1, 0.15) is 5.75 Å². The number of carbonyl (C=O) groups excluding carboxylic acids is 1. The van der Waals surface area contributed by atoms with E-state index in [0.717, 1.165) is 5.56 Å². The number of rotatable bonds is 7. The second-order valence-corrected chi connectivity index (χ2v) is 5.09. The molecule has 0 spiro atoms. The van der Waals surface area contributed by atoms with Crippen molar-refractivity contribution in [1.82, 2.24) is 5.32 Å². The molecule has 2 N–H and O–H groups in total. The average Bonchev–Trinajstić information content (AvgIpc) is 2.36. The standard InChI is InChI=1S/C15H21NO4/c1-10(2)8-14(17)16-13(9-15(18)19)11-4-6-12(20-3)7-5-11/h4-7,10,13H,8-9H2,1-3H3,(H,16,17)(H,18,19)/t13-/m0/s1. The molecule has 5 heteroatoms. The summed E-state index contributed by atoms with van der Waals surface area (Å²) in [5.74, 6) is -0.162. The highest BCUT2D eigenvalue weighted by Gasteiger charge is 2.18. The van der Waals surface area contributed by atoms with Crippen LogP contribution in [-0.4, -0.2) is 24.1 Å². The Morgan fingerprint density at radius 3 is 2.25 bits per heavy atom. The van der Waals surface area contributed by atoms with Crippen molar-refractivity contribution in [2.75, 3.05) is 7.11 Å². The molecule has 0 bridgehead atoms. The molecule has 0 radical (unpaired) electrons. The fourth-order valence-corrected chi connectivity index (χ4v) is 1.89. The molecule has 20 heavy (non-hydrogen) atoms. The van der Waals surface area contributed by atoms with Crippen molar-refractivity contribution in [2.45, 2.75) is 32.7 Å². The summed E-state index contributed by atoms with van der Waals surface area (Å²) in [7, 11) is 1.56. The van der Waals surface area contributed by atoms with Gasteiger partial charge in [-0.2, -0.15) is 0 Å². The van der Waals surface area contributed by atoms with Crippen LogP contribution in [0.25, 0.3) is 0 Å². The Kier molecular flexibility index (Phi) is 6.03. The van der Waals surface area contributed by atoms with Crippen molar-refractivity contribution >= 4 is 11.9 Å². The van der Waals surface area contributed by atoms with Crippen molar-refractivity contribution in [3.05, 3.63) is 29.8 Å². The molecular weight excluding hydrogens is 258 g/mol. The number of ether oxygens (including phenoxy) is 1. The highest BCUT2D eigenvalue weighted by Crippen LogP contribution is 2.20. The molecule has 1 amide bonds. The quantitative estimate of drug-likeness (QED) is 0.803. The van der Waals surface area contributed by atoms with Gasteiger partial charge < -0.3 is 15.2 Å². The zero-order valence-corrected chi connectivity index (χ0v) is 12.1. The van der Waals surface area contributed by atoms with E-state index in [4.69, 9.17) is 9.84 Å². The topological polar surface area (TPSA) is 75.6 Å². The highest BCUT2D eigenvalue weighted by molar-refractivity contribution is 5.77. The maximum absolute atomic E-state index is 11.8. The van der Waals surface area contributed by atoms with Crippen LogP contribution in [0.1, 0.15) is 38.3 Å². The summed E-state index contributed by atoms with van der Waals surface area (Å²) in [6.45, 7) is 3.89. The van der Waals surface area contributed by atoms with Gasteiger partial charge in [-0.3, -0.25) is 9.59 Å². The molecule has 1 aromatic carbocycles. The number of carboxylic acid groups (broad SMARTS) is 1. The number of benzene rings is 1. The smallest absolute Gasteiger partial charge is 0.305 e. The molecule has 1 aromatic rings. The molecule has 0 saturated carbocycles. The summed E-state index contributed by atoms with van der Waals surface area (Å²) in [4.78, 5) is 22.7. The van der Waals surface area contributed by atoms with Crippen LogP contribution < -0.4 is 10.1 Å². The van der Waals surface area contributed by atoms with E-state index in [-0.39, 0.29) is 18.2 Å². The minimum absolute atomic E-state index is 0.137. The summed E-state index contributed by atoms with van der Waals surface area (Å²) in [6.07, 6.45) is 0.239. The minimum Gasteiger partial charge on any atom is -0.497 e. The Hall–Kier alpha value is -2.04. The lowest BCUT2D eigenvalue weighted by Gasteiger charge is -2.18. The van der Waals surface area contributed by atoms with Gasteiger partial charge in [0.15, 0.2) is 0 Å². The lowest BCUT2D eigenvalue weighted by Crippen LogP contribution is -2.30. The zero-order chi connectivity index (χ0) is 15.1. The second-order valence-electron chi connectivity index (χ2n) is 5.09. The highest BCUT2D eigenvalue weighted by atomic mass is 16.5. The van der Waals surface area contributed by atoms with Gasteiger partial charge in [-0.25, -0.2) is 0 Å². The van der Waals surface area contributed by atoms with Gasteiger partial charge in [0.2, 0.25) is 5.91 Å². The summed E-state index contributed by atoms with van der Waals surface area (Å²) >= 11 is 0. The minimum atomic E-state index is -0.948. The van der Waals surface area contributed by atoms with Crippen LogP contribution in [0, 0.1) is 5.92 Å². The number of hydrogen-bond acceptors (Lipinski definition) is 3. The predicted molar refractivity (Wildman–Crippen MR) is 75.6 cm³/mol. The van der Waals surface area contributed by atoms with Gasteiger partial charge in [-0.1, -0.05) is 26.0 Å². The van der Waals surface area contributed by atoms with E-state index in [9.17, 15) is 9.59 Å². The fraction of sp³-hybridized carbons (Fsp3) is 0.467. The molecule has 0 aromatic heterocycles. The van der Waals surface area contributed by atoms with Crippen molar-refractivity contribution in [3.63, 3.8) is 0 Å². The lowest BCUT2D eigenvalue weighted by molar-refractivity contribution is -0.137. The third-order valence-corrected chi connectivity index (χ3v) is 2.83. The molecule has 1 rings (SSSR count). The Bertz CT molecular complexity index is 453. The van der Waals surface area contributed by atoms with E-state index in [0.29, 0.717) is 12.2 Å². The Morgan fingerprint density at radius 1 is 1.20 bits per heavy atom. The van der Waals surface area contributed by atoms with Gasteiger partial charge in [0, 0.05) is 6.42 Å². The molecule has 0 heterocycles. The first kappa shape index (κ1) is 16.0. The average molecular weight is 279 g/mol. The third kappa shape index (κ3) is 5.30. The van der Waals surface area contributed by atoms with E-state index in [1.54, 1.807) is 31.4 Å². The number of methoxy groups -OCH3 is 1. The van der Waals surface area contributed by atoms with Crippen LogP contribution in [0.4, 0.5) is 0 Å². The number of nitrogens with one attached hydrogen (secondary N) is 1. The maximum Gasteiger partial charge on any atom is 0.305 e. The second kappa shape index (κ2) is 7.53. The first-order valence-electron chi connectivity index (χ1n) is 6.57. The fourth-order valence-electron chi connectivity index (χ4n) is 1.89. The molecule has 0 fully saturated rings. The van der Waals surface area contributed by atoms with Crippen LogP contribution in [0.5, 0.6) is 5.75 Å². The van der Waals surface area contributed by atoms with Crippen LogP contribution >= 0.6 is 0 Å². The van der Waals surface area contributed by atoms with Crippen molar-refractivity contribution < 1.29 is 19.4 Å². The van der Waals surface area contributed by atoms with Gasteiger partial charge in [-0.05, 0) is 23.6 Å². The molecule has 5 nitrogen and oxygen atoms in total.